The quantitative estimate of drug-likeness (QED) is 0.757. The minimum absolute atomic E-state index is 0.204. The minimum Gasteiger partial charge on any atom is -0.478 e. The van der Waals surface area contributed by atoms with Gasteiger partial charge in [-0.05, 0) is 35.9 Å². The van der Waals surface area contributed by atoms with Gasteiger partial charge in [-0.25, -0.2) is 4.79 Å². The Morgan fingerprint density at radius 1 is 1.10 bits per heavy atom. The molecule has 4 N–H and O–H groups in total. The molecule has 2 aromatic carbocycles. The number of carbonyl (C=O) groups excluding carboxylic acids is 1. The van der Waals surface area contributed by atoms with Crippen molar-refractivity contribution in [3.05, 3.63) is 64.2 Å². The first-order chi connectivity index (χ1) is 9.97. The van der Waals surface area contributed by atoms with Crippen LogP contribution in [0.25, 0.3) is 0 Å². The molecule has 2 rings (SSSR count). The second-order valence-electron chi connectivity index (χ2n) is 4.42. The Morgan fingerprint density at radius 3 is 2.29 bits per heavy atom. The Balaban J connectivity index is 2.00. The van der Waals surface area contributed by atoms with Crippen molar-refractivity contribution in [3.63, 3.8) is 0 Å². The first kappa shape index (κ1) is 14.9. The first-order valence-electron chi connectivity index (χ1n) is 6.13. The SMILES string of the molecule is Nc1cc(C(=O)NCc2ccc(C(=O)O)cc2)ccc1Cl. The number of carboxylic acid groups (broad SMARTS) is 1. The van der Waals surface area contributed by atoms with Crippen LogP contribution in [0.2, 0.25) is 5.02 Å². The number of nitrogens with one attached hydrogen (secondary N) is 1. The molecule has 0 spiro atoms. The van der Waals surface area contributed by atoms with Gasteiger partial charge in [-0.3, -0.25) is 4.79 Å². The molecule has 0 bridgehead atoms. The average molecular weight is 305 g/mol. The van der Waals surface area contributed by atoms with Crippen LogP contribution in [-0.2, 0) is 6.54 Å². The van der Waals surface area contributed by atoms with Gasteiger partial charge in [0.15, 0.2) is 0 Å². The fourth-order valence-corrected chi connectivity index (χ4v) is 1.85. The van der Waals surface area contributed by atoms with Crippen LogP contribution in [0.15, 0.2) is 42.5 Å². The van der Waals surface area contributed by atoms with E-state index in [1.165, 1.54) is 18.2 Å². The highest BCUT2D eigenvalue weighted by molar-refractivity contribution is 6.33. The number of carboxylic acids is 1. The van der Waals surface area contributed by atoms with E-state index in [4.69, 9.17) is 22.4 Å². The maximum absolute atomic E-state index is 12.0. The number of anilines is 1. The number of carbonyl (C=O) groups is 2. The van der Waals surface area contributed by atoms with Crippen molar-refractivity contribution < 1.29 is 14.7 Å². The lowest BCUT2D eigenvalue weighted by Crippen LogP contribution is -2.22. The van der Waals surface area contributed by atoms with Gasteiger partial charge < -0.3 is 16.2 Å². The molecule has 0 saturated carbocycles. The zero-order valence-corrected chi connectivity index (χ0v) is 11.7. The summed E-state index contributed by atoms with van der Waals surface area (Å²) in [4.78, 5) is 22.7. The van der Waals surface area contributed by atoms with Crippen LogP contribution in [-0.4, -0.2) is 17.0 Å². The summed E-state index contributed by atoms with van der Waals surface area (Å²) < 4.78 is 0. The summed E-state index contributed by atoms with van der Waals surface area (Å²) >= 11 is 5.79. The van der Waals surface area contributed by atoms with E-state index < -0.39 is 5.97 Å². The summed E-state index contributed by atoms with van der Waals surface area (Å²) in [6.45, 7) is 0.293. The summed E-state index contributed by atoms with van der Waals surface area (Å²) in [5, 5.41) is 11.9. The minimum atomic E-state index is -0.984. The van der Waals surface area contributed by atoms with Crippen molar-refractivity contribution in [3.8, 4) is 0 Å². The van der Waals surface area contributed by atoms with Gasteiger partial charge >= 0.3 is 5.97 Å². The van der Waals surface area contributed by atoms with Gasteiger partial charge in [0.05, 0.1) is 16.3 Å². The molecule has 0 aromatic heterocycles. The molecule has 2 aromatic rings. The van der Waals surface area contributed by atoms with Gasteiger partial charge in [-0.2, -0.15) is 0 Å². The molecule has 0 radical (unpaired) electrons. The molecular weight excluding hydrogens is 292 g/mol. The van der Waals surface area contributed by atoms with Crippen LogP contribution in [0, 0.1) is 0 Å². The number of hydrogen-bond acceptors (Lipinski definition) is 3. The molecule has 0 unspecified atom stereocenters. The molecule has 1 amide bonds. The Kier molecular flexibility index (Phi) is 4.45. The third kappa shape index (κ3) is 3.73. The number of amides is 1. The highest BCUT2D eigenvalue weighted by atomic mass is 35.5. The lowest BCUT2D eigenvalue weighted by molar-refractivity contribution is 0.0696. The summed E-state index contributed by atoms with van der Waals surface area (Å²) in [5.74, 6) is -1.26. The molecule has 0 saturated heterocycles. The van der Waals surface area contributed by atoms with Gasteiger partial charge in [0, 0.05) is 12.1 Å². The molecule has 5 nitrogen and oxygen atoms in total. The average Bonchev–Trinajstić information content (AvgIpc) is 2.48. The molecule has 0 fully saturated rings. The van der Waals surface area contributed by atoms with Crippen LogP contribution in [0.1, 0.15) is 26.3 Å². The highest BCUT2D eigenvalue weighted by Crippen LogP contribution is 2.19. The number of halogens is 1. The standard InChI is InChI=1S/C15H13ClN2O3/c16-12-6-5-11(7-13(12)17)14(19)18-8-9-1-3-10(4-2-9)15(20)21/h1-7H,8,17H2,(H,18,19)(H,20,21). The Labute approximate surface area is 126 Å². The zero-order valence-electron chi connectivity index (χ0n) is 11.0. The molecule has 6 heteroatoms. The van der Waals surface area contributed by atoms with E-state index in [-0.39, 0.29) is 11.5 Å². The molecule has 21 heavy (non-hydrogen) atoms. The monoisotopic (exact) mass is 304 g/mol. The van der Waals surface area contributed by atoms with Gasteiger partial charge in [0.2, 0.25) is 0 Å². The van der Waals surface area contributed by atoms with E-state index in [2.05, 4.69) is 5.32 Å². The molecule has 0 aliphatic rings. The van der Waals surface area contributed by atoms with Gasteiger partial charge in [-0.1, -0.05) is 23.7 Å². The number of nitrogens with two attached hydrogens (primary N) is 1. The summed E-state index contributed by atoms with van der Waals surface area (Å²) in [6.07, 6.45) is 0. The third-order valence-electron chi connectivity index (χ3n) is 2.91. The van der Waals surface area contributed by atoms with E-state index in [0.29, 0.717) is 22.8 Å². The molecule has 0 atom stereocenters. The normalized spacial score (nSPS) is 10.1. The van der Waals surface area contributed by atoms with E-state index in [0.717, 1.165) is 5.56 Å². The fraction of sp³-hybridized carbons (Fsp3) is 0.0667. The van der Waals surface area contributed by atoms with Crippen molar-refractivity contribution >= 4 is 29.2 Å². The lowest BCUT2D eigenvalue weighted by atomic mass is 10.1. The van der Waals surface area contributed by atoms with Crippen molar-refractivity contribution in [2.24, 2.45) is 0 Å². The van der Waals surface area contributed by atoms with E-state index in [1.54, 1.807) is 24.3 Å². The Bertz CT molecular complexity index is 684. The van der Waals surface area contributed by atoms with Gasteiger partial charge in [0.25, 0.3) is 5.91 Å². The van der Waals surface area contributed by atoms with E-state index >= 15 is 0 Å². The second kappa shape index (κ2) is 6.28. The number of nitrogen functional groups attached to an aromatic ring is 1. The number of aromatic carboxylic acids is 1. The predicted octanol–water partition coefficient (Wildman–Crippen LogP) is 2.55. The van der Waals surface area contributed by atoms with E-state index in [9.17, 15) is 9.59 Å². The summed E-state index contributed by atoms with van der Waals surface area (Å²) in [5.41, 5.74) is 7.41. The van der Waals surface area contributed by atoms with E-state index in [1.807, 2.05) is 0 Å². The Hall–Kier alpha value is -2.53. The second-order valence-corrected chi connectivity index (χ2v) is 4.83. The maximum atomic E-state index is 12.0. The van der Waals surface area contributed by atoms with Crippen LogP contribution < -0.4 is 11.1 Å². The van der Waals surface area contributed by atoms with Crippen molar-refractivity contribution in [1.29, 1.82) is 0 Å². The third-order valence-corrected chi connectivity index (χ3v) is 3.26. The van der Waals surface area contributed by atoms with Crippen molar-refractivity contribution in [2.45, 2.75) is 6.54 Å². The van der Waals surface area contributed by atoms with Crippen LogP contribution in [0.3, 0.4) is 0 Å². The van der Waals surface area contributed by atoms with Gasteiger partial charge in [0.1, 0.15) is 0 Å². The van der Waals surface area contributed by atoms with Gasteiger partial charge in [-0.15, -0.1) is 0 Å². The molecule has 108 valence electrons. The molecular formula is C15H13ClN2O3. The summed E-state index contributed by atoms with van der Waals surface area (Å²) in [6, 6.07) is 10.9. The summed E-state index contributed by atoms with van der Waals surface area (Å²) in [7, 11) is 0. The molecule has 0 aliphatic heterocycles. The van der Waals surface area contributed by atoms with Crippen LogP contribution in [0.4, 0.5) is 5.69 Å². The first-order valence-corrected chi connectivity index (χ1v) is 6.50. The van der Waals surface area contributed by atoms with Crippen molar-refractivity contribution in [2.75, 3.05) is 5.73 Å². The fourth-order valence-electron chi connectivity index (χ4n) is 1.73. The number of hydrogen-bond donors (Lipinski definition) is 3. The molecule has 0 aliphatic carbocycles. The Morgan fingerprint density at radius 2 is 1.71 bits per heavy atom. The lowest BCUT2D eigenvalue weighted by Gasteiger charge is -2.07. The predicted molar refractivity (Wildman–Crippen MR) is 80.4 cm³/mol. The highest BCUT2D eigenvalue weighted by Gasteiger charge is 2.08. The topological polar surface area (TPSA) is 92.4 Å². The van der Waals surface area contributed by atoms with Crippen LogP contribution >= 0.6 is 11.6 Å². The molecule has 0 heterocycles. The zero-order chi connectivity index (χ0) is 15.4. The number of benzene rings is 2. The number of rotatable bonds is 4. The smallest absolute Gasteiger partial charge is 0.335 e. The maximum Gasteiger partial charge on any atom is 0.335 e. The largest absolute Gasteiger partial charge is 0.478 e. The van der Waals surface area contributed by atoms with Crippen molar-refractivity contribution in [1.82, 2.24) is 5.32 Å². The van der Waals surface area contributed by atoms with Crippen LogP contribution in [0.5, 0.6) is 0 Å².